The summed E-state index contributed by atoms with van der Waals surface area (Å²) in [6.45, 7) is 0. The zero-order valence-corrected chi connectivity index (χ0v) is 30.5. The Hall–Kier alpha value is -8.24. The molecule has 6 aromatic carbocycles. The van der Waals surface area contributed by atoms with E-state index in [0.29, 0.717) is 34.2 Å². The second kappa shape index (κ2) is 12.7. The highest BCUT2D eigenvalue weighted by molar-refractivity contribution is 6.01. The first-order chi connectivity index (χ1) is 28.7. The number of rotatable bonds is 5. The van der Waals surface area contributed by atoms with E-state index in [1.807, 2.05) is 109 Å². The number of oxazole rings is 2. The molecule has 2 aliphatic heterocycles. The molecular weight excluding hydrogens is 725 g/mol. The van der Waals surface area contributed by atoms with E-state index >= 15 is 0 Å². The number of nitrogens with zero attached hydrogens (tertiary/aromatic N) is 6. The molecule has 0 saturated heterocycles. The maximum Gasteiger partial charge on any atom is 0.228 e. The van der Waals surface area contributed by atoms with Crippen LogP contribution < -0.4 is 19.3 Å². The summed E-state index contributed by atoms with van der Waals surface area (Å²) in [5.41, 5.74) is 11.1. The van der Waals surface area contributed by atoms with Crippen LogP contribution in [-0.4, -0.2) is 19.9 Å². The van der Waals surface area contributed by atoms with Crippen molar-refractivity contribution < 1.29 is 18.3 Å². The number of para-hydroxylation sites is 8. The van der Waals surface area contributed by atoms with Crippen LogP contribution in [0.15, 0.2) is 179 Å². The van der Waals surface area contributed by atoms with E-state index in [4.69, 9.17) is 28.3 Å². The third kappa shape index (κ3) is 5.05. The Morgan fingerprint density at radius 1 is 0.362 bits per heavy atom. The molecule has 10 heteroatoms. The average Bonchev–Trinajstić information content (AvgIpc) is 3.92. The topological polar surface area (TPSA) is 103 Å². The number of hydrogen-bond donors (Lipinski definition) is 0. The van der Waals surface area contributed by atoms with Crippen LogP contribution in [-0.2, 0) is 0 Å². The fourth-order valence-corrected chi connectivity index (χ4v) is 7.87. The Kier molecular flexibility index (Phi) is 6.99. The second-order valence-electron chi connectivity index (χ2n) is 13.9. The Balaban J connectivity index is 1.15. The Morgan fingerprint density at radius 2 is 0.741 bits per heavy atom. The average molecular weight is 753 g/mol. The summed E-state index contributed by atoms with van der Waals surface area (Å²) in [5, 5.41) is 0. The van der Waals surface area contributed by atoms with Crippen LogP contribution in [0.4, 0.5) is 34.1 Å². The number of anilines is 6. The van der Waals surface area contributed by atoms with E-state index in [0.717, 1.165) is 79.4 Å². The van der Waals surface area contributed by atoms with Crippen LogP contribution in [0.2, 0.25) is 0 Å². The van der Waals surface area contributed by atoms with Gasteiger partial charge in [0.15, 0.2) is 45.5 Å². The lowest BCUT2D eigenvalue weighted by molar-refractivity contribution is 0.476. The molecule has 0 radical (unpaired) electrons. The third-order valence-corrected chi connectivity index (χ3v) is 10.5. The van der Waals surface area contributed by atoms with Crippen molar-refractivity contribution >= 4 is 56.6 Å². The van der Waals surface area contributed by atoms with Gasteiger partial charge in [-0.05, 0) is 97.1 Å². The van der Waals surface area contributed by atoms with E-state index in [9.17, 15) is 0 Å². The normalized spacial score (nSPS) is 12.7. The summed E-state index contributed by atoms with van der Waals surface area (Å²) in [6.07, 6.45) is 3.44. The summed E-state index contributed by atoms with van der Waals surface area (Å²) in [5.74, 6) is 3.87. The van der Waals surface area contributed by atoms with Gasteiger partial charge in [-0.3, -0.25) is 0 Å². The maximum atomic E-state index is 6.49. The molecule has 10 nitrogen and oxygen atoms in total. The van der Waals surface area contributed by atoms with Gasteiger partial charge >= 0.3 is 0 Å². The van der Waals surface area contributed by atoms with Gasteiger partial charge in [0.05, 0.1) is 34.1 Å². The minimum atomic E-state index is 0.465. The largest absolute Gasteiger partial charge is 0.453 e. The summed E-state index contributed by atoms with van der Waals surface area (Å²) < 4.78 is 25.6. The predicted molar refractivity (Wildman–Crippen MR) is 223 cm³/mol. The molecule has 0 fully saturated rings. The fourth-order valence-electron chi connectivity index (χ4n) is 7.87. The first kappa shape index (κ1) is 32.0. The molecule has 0 saturated carbocycles. The van der Waals surface area contributed by atoms with Crippen LogP contribution in [0.5, 0.6) is 23.0 Å². The van der Waals surface area contributed by atoms with Gasteiger partial charge in [-0.25, -0.2) is 9.97 Å². The van der Waals surface area contributed by atoms with Gasteiger partial charge in [-0.15, -0.1) is 0 Å². The van der Waals surface area contributed by atoms with Gasteiger partial charge in [0.25, 0.3) is 0 Å². The summed E-state index contributed by atoms with van der Waals surface area (Å²) >= 11 is 0. The smallest absolute Gasteiger partial charge is 0.228 e. The molecule has 0 atom stereocenters. The van der Waals surface area contributed by atoms with E-state index in [1.165, 1.54) is 0 Å². The number of fused-ring (bicyclic) bond motifs is 6. The van der Waals surface area contributed by atoms with Crippen molar-refractivity contribution in [3.63, 3.8) is 0 Å². The first-order valence-electron chi connectivity index (χ1n) is 18.8. The Labute approximate surface area is 330 Å². The molecule has 0 bridgehead atoms. The standard InChI is InChI=1S/C48H28N6O4/c1-5-15-39-33(11-1)53(34-12-2-6-16-40(34)55-39)37-27-29(47-51-45-43(57-47)19-9-25-49-45)21-23-31(37)32-24-22-30(48-52-46-44(58-48)20-10-26-50-46)28-38(32)54-35-13-3-7-17-41(35)56-42-18-8-4-14-36(42)54/h1-28H. The van der Waals surface area contributed by atoms with Crippen LogP contribution in [0.1, 0.15) is 0 Å². The molecule has 58 heavy (non-hydrogen) atoms. The van der Waals surface area contributed by atoms with Crippen molar-refractivity contribution in [1.29, 1.82) is 0 Å². The zero-order valence-electron chi connectivity index (χ0n) is 30.5. The van der Waals surface area contributed by atoms with Crippen LogP contribution >= 0.6 is 0 Å². The molecule has 12 rings (SSSR count). The van der Waals surface area contributed by atoms with Crippen LogP contribution in [0.25, 0.3) is 56.5 Å². The van der Waals surface area contributed by atoms with Gasteiger partial charge in [0, 0.05) is 34.6 Å². The first-order valence-corrected chi connectivity index (χ1v) is 18.8. The highest BCUT2D eigenvalue weighted by atomic mass is 16.5. The molecule has 0 aliphatic carbocycles. The lowest BCUT2D eigenvalue weighted by Crippen LogP contribution is -2.18. The van der Waals surface area contributed by atoms with Gasteiger partial charge in [0.2, 0.25) is 11.8 Å². The van der Waals surface area contributed by atoms with E-state index in [1.54, 1.807) is 12.4 Å². The zero-order chi connectivity index (χ0) is 38.2. The molecule has 274 valence electrons. The lowest BCUT2D eigenvalue weighted by Gasteiger charge is -2.36. The van der Waals surface area contributed by atoms with Gasteiger partial charge in [0.1, 0.15) is 0 Å². The molecule has 2 aliphatic rings. The number of ether oxygens (including phenoxy) is 2. The molecule has 4 aromatic heterocycles. The van der Waals surface area contributed by atoms with Crippen molar-refractivity contribution in [2.24, 2.45) is 0 Å². The number of aromatic nitrogens is 4. The van der Waals surface area contributed by atoms with Gasteiger partial charge in [-0.1, -0.05) is 60.7 Å². The van der Waals surface area contributed by atoms with Crippen LogP contribution in [0.3, 0.4) is 0 Å². The van der Waals surface area contributed by atoms with Crippen molar-refractivity contribution in [3.8, 4) is 57.0 Å². The fraction of sp³-hybridized carbons (Fsp3) is 0. The molecule has 10 aromatic rings. The molecular formula is C48H28N6O4. The molecule has 0 N–H and O–H groups in total. The van der Waals surface area contributed by atoms with E-state index in [-0.39, 0.29) is 0 Å². The van der Waals surface area contributed by atoms with Crippen molar-refractivity contribution in [1.82, 2.24) is 19.9 Å². The van der Waals surface area contributed by atoms with Crippen molar-refractivity contribution in [3.05, 3.63) is 170 Å². The highest BCUT2D eigenvalue weighted by Crippen LogP contribution is 2.56. The molecule has 0 amide bonds. The molecule has 6 heterocycles. The minimum Gasteiger partial charge on any atom is -0.453 e. The maximum absolute atomic E-state index is 6.49. The monoisotopic (exact) mass is 752 g/mol. The second-order valence-corrected chi connectivity index (χ2v) is 13.9. The Bertz CT molecular complexity index is 2870. The summed E-state index contributed by atoms with van der Waals surface area (Å²) in [7, 11) is 0. The number of pyridine rings is 2. The summed E-state index contributed by atoms with van der Waals surface area (Å²) in [4.78, 5) is 23.0. The minimum absolute atomic E-state index is 0.465. The van der Waals surface area contributed by atoms with Gasteiger partial charge in [-0.2, -0.15) is 9.97 Å². The van der Waals surface area contributed by atoms with Gasteiger partial charge < -0.3 is 28.1 Å². The molecule has 0 spiro atoms. The predicted octanol–water partition coefficient (Wildman–Crippen LogP) is 12.9. The number of benzene rings is 6. The SMILES string of the molecule is c1ccc2c(c1)Oc1ccccc1N2c1cc(-c2nc3ncccc3o2)ccc1-c1ccc(-c2nc3ncccc3o2)cc1N1c2ccccc2Oc2ccccc21. The highest BCUT2D eigenvalue weighted by Gasteiger charge is 2.32. The van der Waals surface area contributed by atoms with E-state index < -0.39 is 0 Å². The van der Waals surface area contributed by atoms with Crippen LogP contribution in [0, 0.1) is 0 Å². The summed E-state index contributed by atoms with van der Waals surface area (Å²) in [6, 6.07) is 52.4. The number of hydrogen-bond acceptors (Lipinski definition) is 10. The molecule has 0 unspecified atom stereocenters. The van der Waals surface area contributed by atoms with Crippen molar-refractivity contribution in [2.75, 3.05) is 9.80 Å². The van der Waals surface area contributed by atoms with Crippen molar-refractivity contribution in [2.45, 2.75) is 0 Å². The quantitative estimate of drug-likeness (QED) is 0.169. The third-order valence-electron chi connectivity index (χ3n) is 10.5. The lowest BCUT2D eigenvalue weighted by atomic mass is 9.95. The van der Waals surface area contributed by atoms with E-state index in [2.05, 4.69) is 68.3 Å². The Morgan fingerprint density at radius 3 is 1.12 bits per heavy atom.